The van der Waals surface area contributed by atoms with E-state index in [9.17, 15) is 18.0 Å². The van der Waals surface area contributed by atoms with Crippen LogP contribution in [0.3, 0.4) is 0 Å². The number of aromatic amines is 1. The number of anilines is 1. The molecule has 0 saturated heterocycles. The Morgan fingerprint density at radius 2 is 2.00 bits per heavy atom. The monoisotopic (exact) mass is 220 g/mol. The second kappa shape index (κ2) is 3.96. The van der Waals surface area contributed by atoms with Gasteiger partial charge in [-0.25, -0.2) is 0 Å². The summed E-state index contributed by atoms with van der Waals surface area (Å²) in [6, 6.07) is 0.802. The molecule has 0 spiro atoms. The molecular weight excluding hydrogens is 209 g/mol. The first-order chi connectivity index (χ1) is 6.80. The third kappa shape index (κ3) is 3.00. The van der Waals surface area contributed by atoms with Crippen LogP contribution < -0.4 is 10.9 Å². The predicted octanol–water partition coefficient (Wildman–Crippen LogP) is 2.21. The van der Waals surface area contributed by atoms with Crippen molar-refractivity contribution in [3.05, 3.63) is 28.2 Å². The molecule has 1 rings (SSSR count). The maximum atomic E-state index is 12.3. The smallest absolute Gasteiger partial charge is 0.382 e. The number of pyridine rings is 1. The fourth-order valence-electron chi connectivity index (χ4n) is 1.11. The molecule has 84 valence electrons. The molecule has 0 atom stereocenters. The second-order valence-corrected chi connectivity index (χ2v) is 3.43. The van der Waals surface area contributed by atoms with Crippen LogP contribution in [0.1, 0.15) is 19.4 Å². The Morgan fingerprint density at radius 1 is 1.40 bits per heavy atom. The predicted molar refractivity (Wildman–Crippen MR) is 50.8 cm³/mol. The van der Waals surface area contributed by atoms with E-state index in [1.165, 1.54) is 6.20 Å². The average Bonchev–Trinajstić information content (AvgIpc) is 2.05. The molecule has 1 aromatic rings. The van der Waals surface area contributed by atoms with Gasteiger partial charge in [-0.15, -0.1) is 0 Å². The third-order valence-electron chi connectivity index (χ3n) is 1.66. The van der Waals surface area contributed by atoms with Crippen molar-refractivity contribution in [2.45, 2.75) is 26.1 Å². The van der Waals surface area contributed by atoms with E-state index in [1.807, 2.05) is 4.98 Å². The van der Waals surface area contributed by atoms with E-state index in [2.05, 4.69) is 5.32 Å². The molecule has 0 saturated carbocycles. The highest BCUT2D eigenvalue weighted by Gasteiger charge is 2.34. The second-order valence-electron chi connectivity index (χ2n) is 3.43. The molecule has 1 heterocycles. The summed E-state index contributed by atoms with van der Waals surface area (Å²) in [5, 5.41) is 2.77. The number of rotatable bonds is 2. The van der Waals surface area contributed by atoms with Gasteiger partial charge < -0.3 is 10.3 Å². The van der Waals surface area contributed by atoms with E-state index < -0.39 is 17.3 Å². The van der Waals surface area contributed by atoms with Gasteiger partial charge in [0.05, 0.1) is 5.69 Å². The van der Waals surface area contributed by atoms with Crippen molar-refractivity contribution in [1.82, 2.24) is 4.98 Å². The molecule has 0 aliphatic rings. The number of halogens is 3. The SMILES string of the molecule is CC(C)Nc1c[nH]c(=O)c(C(F)(F)F)c1. The Balaban J connectivity index is 3.12. The van der Waals surface area contributed by atoms with Gasteiger partial charge in [0.2, 0.25) is 0 Å². The average molecular weight is 220 g/mol. The summed E-state index contributed by atoms with van der Waals surface area (Å²) < 4.78 is 37.0. The molecule has 1 aromatic heterocycles. The van der Waals surface area contributed by atoms with Crippen LogP contribution in [-0.4, -0.2) is 11.0 Å². The molecule has 3 nitrogen and oxygen atoms in total. The van der Waals surface area contributed by atoms with Crippen molar-refractivity contribution < 1.29 is 13.2 Å². The van der Waals surface area contributed by atoms with Crippen molar-refractivity contribution >= 4 is 5.69 Å². The van der Waals surface area contributed by atoms with Crippen LogP contribution >= 0.6 is 0 Å². The van der Waals surface area contributed by atoms with E-state index in [0.717, 1.165) is 6.07 Å². The minimum absolute atomic E-state index is 0.00279. The Morgan fingerprint density at radius 3 is 2.47 bits per heavy atom. The van der Waals surface area contributed by atoms with Crippen molar-refractivity contribution in [2.75, 3.05) is 5.32 Å². The van der Waals surface area contributed by atoms with Gasteiger partial charge >= 0.3 is 6.18 Å². The molecule has 0 unspecified atom stereocenters. The number of aromatic nitrogens is 1. The van der Waals surface area contributed by atoms with Gasteiger partial charge in [0.15, 0.2) is 0 Å². The zero-order valence-electron chi connectivity index (χ0n) is 8.27. The van der Waals surface area contributed by atoms with Crippen LogP contribution in [0.2, 0.25) is 0 Å². The number of hydrogen-bond acceptors (Lipinski definition) is 2. The van der Waals surface area contributed by atoms with Gasteiger partial charge in [0, 0.05) is 12.2 Å². The largest absolute Gasteiger partial charge is 0.421 e. The van der Waals surface area contributed by atoms with Crippen LogP contribution in [0, 0.1) is 0 Å². The van der Waals surface area contributed by atoms with E-state index in [4.69, 9.17) is 0 Å². The van der Waals surface area contributed by atoms with Gasteiger partial charge in [-0.3, -0.25) is 4.79 Å². The molecule has 0 aliphatic heterocycles. The molecule has 0 bridgehead atoms. The summed E-state index contributed by atoms with van der Waals surface area (Å²) in [6.45, 7) is 3.58. The van der Waals surface area contributed by atoms with E-state index in [1.54, 1.807) is 13.8 Å². The Labute approximate surface area is 84.3 Å². The highest BCUT2D eigenvalue weighted by atomic mass is 19.4. The van der Waals surface area contributed by atoms with Crippen LogP contribution in [-0.2, 0) is 6.18 Å². The molecular formula is C9H11F3N2O. The summed E-state index contributed by atoms with van der Waals surface area (Å²) >= 11 is 0. The fraction of sp³-hybridized carbons (Fsp3) is 0.444. The summed E-state index contributed by atoms with van der Waals surface area (Å²) in [6.07, 6.45) is -3.40. The van der Waals surface area contributed by atoms with Gasteiger partial charge in [-0.1, -0.05) is 0 Å². The highest BCUT2D eigenvalue weighted by Crippen LogP contribution is 2.27. The first-order valence-corrected chi connectivity index (χ1v) is 4.37. The Bertz CT molecular complexity index is 395. The zero-order chi connectivity index (χ0) is 11.6. The van der Waals surface area contributed by atoms with Crippen LogP contribution in [0.15, 0.2) is 17.1 Å². The Hall–Kier alpha value is -1.46. The van der Waals surface area contributed by atoms with Gasteiger partial charge in [-0.2, -0.15) is 13.2 Å². The summed E-state index contributed by atoms with van der Waals surface area (Å²) in [5.74, 6) is 0. The molecule has 15 heavy (non-hydrogen) atoms. The van der Waals surface area contributed by atoms with Crippen LogP contribution in [0.25, 0.3) is 0 Å². The molecule has 0 amide bonds. The molecule has 6 heteroatoms. The van der Waals surface area contributed by atoms with Crippen molar-refractivity contribution in [2.24, 2.45) is 0 Å². The topological polar surface area (TPSA) is 44.9 Å². The lowest BCUT2D eigenvalue weighted by Gasteiger charge is -2.11. The van der Waals surface area contributed by atoms with Gasteiger partial charge in [-0.05, 0) is 19.9 Å². The van der Waals surface area contributed by atoms with Crippen molar-refractivity contribution in [3.8, 4) is 0 Å². The lowest BCUT2D eigenvalue weighted by molar-refractivity contribution is -0.138. The molecule has 0 aliphatic carbocycles. The normalized spacial score (nSPS) is 11.9. The maximum Gasteiger partial charge on any atom is 0.421 e. The minimum atomic E-state index is -4.62. The van der Waals surface area contributed by atoms with E-state index in [-0.39, 0.29) is 11.7 Å². The first-order valence-electron chi connectivity index (χ1n) is 4.37. The summed E-state index contributed by atoms with van der Waals surface area (Å²) in [4.78, 5) is 12.9. The summed E-state index contributed by atoms with van der Waals surface area (Å²) in [7, 11) is 0. The van der Waals surface area contributed by atoms with E-state index >= 15 is 0 Å². The highest BCUT2D eigenvalue weighted by molar-refractivity contribution is 5.44. The van der Waals surface area contributed by atoms with Crippen molar-refractivity contribution in [3.63, 3.8) is 0 Å². The van der Waals surface area contributed by atoms with E-state index in [0.29, 0.717) is 0 Å². The number of hydrogen-bond donors (Lipinski definition) is 2. The molecule has 2 N–H and O–H groups in total. The Kier molecular flexibility index (Phi) is 3.06. The number of H-pyrrole nitrogens is 1. The molecule has 0 fully saturated rings. The molecule has 0 radical (unpaired) electrons. The number of alkyl halides is 3. The molecule has 0 aromatic carbocycles. The van der Waals surface area contributed by atoms with Crippen molar-refractivity contribution in [1.29, 1.82) is 0 Å². The van der Waals surface area contributed by atoms with Gasteiger partial charge in [0.1, 0.15) is 5.56 Å². The number of nitrogens with one attached hydrogen (secondary N) is 2. The first kappa shape index (κ1) is 11.6. The lowest BCUT2D eigenvalue weighted by atomic mass is 10.2. The quantitative estimate of drug-likeness (QED) is 0.802. The fourth-order valence-corrected chi connectivity index (χ4v) is 1.11. The maximum absolute atomic E-state index is 12.3. The standard InChI is InChI=1S/C9H11F3N2O/c1-5(2)14-6-3-7(9(10,11)12)8(15)13-4-6/h3-5,14H,1-2H3,(H,13,15). The van der Waals surface area contributed by atoms with Gasteiger partial charge in [0.25, 0.3) is 5.56 Å². The minimum Gasteiger partial charge on any atom is -0.382 e. The summed E-state index contributed by atoms with van der Waals surface area (Å²) in [5.41, 5.74) is -2.07. The third-order valence-corrected chi connectivity index (χ3v) is 1.66. The van der Waals surface area contributed by atoms with Crippen LogP contribution in [0.5, 0.6) is 0 Å². The van der Waals surface area contributed by atoms with Crippen LogP contribution in [0.4, 0.5) is 18.9 Å². The lowest BCUT2D eigenvalue weighted by Crippen LogP contribution is -2.22. The zero-order valence-corrected chi connectivity index (χ0v) is 8.27.